The van der Waals surface area contributed by atoms with Gasteiger partial charge in [0.2, 0.25) is 0 Å². The van der Waals surface area contributed by atoms with Crippen LogP contribution in [0.15, 0.2) is 36.5 Å². The zero-order valence-electron chi connectivity index (χ0n) is 9.69. The molecular formula is C14H14BrNO. The van der Waals surface area contributed by atoms with E-state index in [4.69, 9.17) is 0 Å². The smallest absolute Gasteiger partial charge is 0.146 e. The van der Waals surface area contributed by atoms with Gasteiger partial charge in [0.25, 0.3) is 0 Å². The third-order valence-electron chi connectivity index (χ3n) is 2.83. The third-order valence-corrected chi connectivity index (χ3v) is 3.67. The van der Waals surface area contributed by atoms with E-state index in [1.807, 2.05) is 31.2 Å². The third kappa shape index (κ3) is 2.72. The molecule has 0 aliphatic heterocycles. The number of pyridine rings is 1. The number of carbonyl (C=O) groups is 1. The van der Waals surface area contributed by atoms with Crippen molar-refractivity contribution in [3.8, 4) is 0 Å². The molecule has 2 rings (SSSR count). The van der Waals surface area contributed by atoms with Crippen LogP contribution in [0.2, 0.25) is 0 Å². The first-order valence-corrected chi connectivity index (χ1v) is 6.63. The molecule has 3 heteroatoms. The minimum absolute atomic E-state index is 0.0988. The van der Waals surface area contributed by atoms with Crippen LogP contribution in [-0.2, 0) is 11.2 Å². The Kier molecular flexibility index (Phi) is 3.89. The van der Waals surface area contributed by atoms with Crippen molar-refractivity contribution in [1.29, 1.82) is 0 Å². The lowest BCUT2D eigenvalue weighted by atomic mass is 10.0. The van der Waals surface area contributed by atoms with E-state index in [0.29, 0.717) is 6.42 Å². The Morgan fingerprint density at radius 1 is 1.35 bits per heavy atom. The van der Waals surface area contributed by atoms with Gasteiger partial charge in [0.1, 0.15) is 5.78 Å². The lowest BCUT2D eigenvalue weighted by Crippen LogP contribution is -2.15. The number of hydrogen-bond donors (Lipinski definition) is 0. The van der Waals surface area contributed by atoms with Crippen molar-refractivity contribution in [2.24, 2.45) is 0 Å². The predicted molar refractivity (Wildman–Crippen MR) is 73.5 cm³/mol. The number of alkyl halides is 1. The fourth-order valence-electron chi connectivity index (χ4n) is 1.87. The number of halogens is 1. The molecule has 1 unspecified atom stereocenters. The monoisotopic (exact) mass is 291 g/mol. The van der Waals surface area contributed by atoms with Crippen LogP contribution in [0.1, 0.15) is 18.9 Å². The van der Waals surface area contributed by atoms with Crippen LogP contribution >= 0.6 is 15.9 Å². The van der Waals surface area contributed by atoms with Crippen molar-refractivity contribution in [2.45, 2.75) is 24.6 Å². The van der Waals surface area contributed by atoms with Crippen LogP contribution in [0.3, 0.4) is 0 Å². The fourth-order valence-corrected chi connectivity index (χ4v) is 2.55. The van der Waals surface area contributed by atoms with Crippen LogP contribution in [0.4, 0.5) is 0 Å². The molecule has 0 saturated carbocycles. The molecule has 0 aliphatic carbocycles. The molecule has 0 aliphatic rings. The Morgan fingerprint density at radius 2 is 2.18 bits per heavy atom. The van der Waals surface area contributed by atoms with Gasteiger partial charge in [-0.15, -0.1) is 0 Å². The molecule has 0 spiro atoms. The van der Waals surface area contributed by atoms with Gasteiger partial charge in [-0.25, -0.2) is 0 Å². The first-order chi connectivity index (χ1) is 8.22. The average molecular weight is 292 g/mol. The molecule has 0 fully saturated rings. The molecule has 0 amide bonds. The van der Waals surface area contributed by atoms with E-state index >= 15 is 0 Å². The summed E-state index contributed by atoms with van der Waals surface area (Å²) in [6, 6.07) is 10.0. The zero-order valence-corrected chi connectivity index (χ0v) is 11.3. The zero-order chi connectivity index (χ0) is 12.3. The van der Waals surface area contributed by atoms with Gasteiger partial charge in [0, 0.05) is 18.0 Å². The number of ketones is 1. The molecule has 2 nitrogen and oxygen atoms in total. The van der Waals surface area contributed by atoms with Crippen molar-refractivity contribution < 1.29 is 4.79 Å². The predicted octanol–water partition coefficient (Wildman–Crippen LogP) is 3.52. The lowest BCUT2D eigenvalue weighted by molar-refractivity contribution is -0.118. The van der Waals surface area contributed by atoms with Gasteiger partial charge in [0.15, 0.2) is 0 Å². The summed E-state index contributed by atoms with van der Waals surface area (Å²) in [5, 5.41) is 1.13. The molecule has 2 aromatic rings. The topological polar surface area (TPSA) is 30.0 Å². The fraction of sp³-hybridized carbons (Fsp3) is 0.286. The Balaban J connectivity index is 2.33. The van der Waals surface area contributed by atoms with E-state index in [1.165, 1.54) is 5.56 Å². The van der Waals surface area contributed by atoms with E-state index in [1.54, 1.807) is 6.20 Å². The molecule has 0 saturated heterocycles. The van der Waals surface area contributed by atoms with Gasteiger partial charge in [-0.05, 0) is 24.1 Å². The summed E-state index contributed by atoms with van der Waals surface area (Å²) in [7, 11) is 0. The quantitative estimate of drug-likeness (QED) is 0.807. The molecule has 0 N–H and O–H groups in total. The maximum absolute atomic E-state index is 11.6. The van der Waals surface area contributed by atoms with Gasteiger partial charge >= 0.3 is 0 Å². The molecule has 17 heavy (non-hydrogen) atoms. The number of aromatic nitrogens is 1. The summed E-state index contributed by atoms with van der Waals surface area (Å²) in [4.78, 5) is 15.8. The molecular weight excluding hydrogens is 278 g/mol. The summed E-state index contributed by atoms with van der Waals surface area (Å²) in [5.41, 5.74) is 2.15. The normalized spacial score (nSPS) is 12.6. The van der Waals surface area contributed by atoms with Crippen molar-refractivity contribution in [1.82, 2.24) is 4.98 Å². The number of hydrogen-bond acceptors (Lipinski definition) is 2. The lowest BCUT2D eigenvalue weighted by Gasteiger charge is -2.09. The number of carbonyl (C=O) groups excluding carboxylic acids is 1. The Bertz CT molecular complexity index is 533. The molecule has 0 radical (unpaired) electrons. The van der Waals surface area contributed by atoms with Crippen molar-refractivity contribution >= 4 is 32.6 Å². The van der Waals surface area contributed by atoms with Crippen molar-refractivity contribution in [3.05, 3.63) is 42.1 Å². The Morgan fingerprint density at radius 3 is 2.94 bits per heavy atom. The maximum Gasteiger partial charge on any atom is 0.146 e. The number of Topliss-reactive ketones (excluding diaryl/α,β-unsaturated/α-hetero) is 1. The summed E-state index contributed by atoms with van der Waals surface area (Å²) in [5.74, 6) is 0.242. The summed E-state index contributed by atoms with van der Waals surface area (Å²) in [6.07, 6.45) is 3.07. The van der Waals surface area contributed by atoms with Crippen molar-refractivity contribution in [2.75, 3.05) is 0 Å². The molecule has 1 aromatic heterocycles. The highest BCUT2D eigenvalue weighted by Gasteiger charge is 2.14. The van der Waals surface area contributed by atoms with E-state index in [9.17, 15) is 4.79 Å². The van der Waals surface area contributed by atoms with Crippen LogP contribution in [0.5, 0.6) is 0 Å². The highest BCUT2D eigenvalue weighted by molar-refractivity contribution is 9.10. The van der Waals surface area contributed by atoms with E-state index in [-0.39, 0.29) is 10.6 Å². The maximum atomic E-state index is 11.6. The van der Waals surface area contributed by atoms with Gasteiger partial charge in [0.05, 0.1) is 10.3 Å². The van der Waals surface area contributed by atoms with Crippen LogP contribution in [0.25, 0.3) is 10.9 Å². The Labute approximate surface area is 109 Å². The molecule has 1 heterocycles. The van der Waals surface area contributed by atoms with Crippen molar-refractivity contribution in [3.63, 3.8) is 0 Å². The minimum atomic E-state index is -0.0988. The minimum Gasteiger partial charge on any atom is -0.298 e. The molecule has 88 valence electrons. The first kappa shape index (κ1) is 12.2. The van der Waals surface area contributed by atoms with E-state index in [0.717, 1.165) is 17.3 Å². The summed E-state index contributed by atoms with van der Waals surface area (Å²) >= 11 is 3.46. The standard InChI is InChI=1S/C14H14BrNO/c1-2-14(17)12(15)9-10-5-3-7-13-11(10)6-4-8-16-13/h3-8,12H,2,9H2,1H3. The SMILES string of the molecule is CCC(=O)C(Br)Cc1cccc2ncccc12. The van der Waals surface area contributed by atoms with E-state index < -0.39 is 0 Å². The number of rotatable bonds is 4. The van der Waals surface area contributed by atoms with Gasteiger partial charge in [-0.3, -0.25) is 9.78 Å². The van der Waals surface area contributed by atoms with Gasteiger partial charge in [-0.1, -0.05) is 41.1 Å². The first-order valence-electron chi connectivity index (χ1n) is 5.71. The van der Waals surface area contributed by atoms with Gasteiger partial charge in [-0.2, -0.15) is 0 Å². The second-order valence-electron chi connectivity index (χ2n) is 3.98. The van der Waals surface area contributed by atoms with Crippen LogP contribution in [-0.4, -0.2) is 15.6 Å². The molecule has 1 atom stereocenters. The number of nitrogens with zero attached hydrogens (tertiary/aromatic N) is 1. The highest BCUT2D eigenvalue weighted by atomic mass is 79.9. The Hall–Kier alpha value is -1.22. The number of benzene rings is 1. The molecule has 0 bridgehead atoms. The van der Waals surface area contributed by atoms with Crippen LogP contribution in [0, 0.1) is 0 Å². The summed E-state index contributed by atoms with van der Waals surface area (Å²) < 4.78 is 0. The van der Waals surface area contributed by atoms with Crippen LogP contribution < -0.4 is 0 Å². The second kappa shape index (κ2) is 5.41. The summed E-state index contributed by atoms with van der Waals surface area (Å²) in [6.45, 7) is 1.89. The molecule has 1 aromatic carbocycles. The average Bonchev–Trinajstić information content (AvgIpc) is 2.38. The largest absolute Gasteiger partial charge is 0.298 e. The second-order valence-corrected chi connectivity index (χ2v) is 5.08. The number of fused-ring (bicyclic) bond motifs is 1. The van der Waals surface area contributed by atoms with E-state index in [2.05, 4.69) is 27.0 Å². The highest BCUT2D eigenvalue weighted by Crippen LogP contribution is 2.20. The van der Waals surface area contributed by atoms with Gasteiger partial charge < -0.3 is 0 Å².